The van der Waals surface area contributed by atoms with Crippen LogP contribution < -0.4 is 4.90 Å². The molecule has 0 saturated carbocycles. The summed E-state index contributed by atoms with van der Waals surface area (Å²) in [4.78, 5) is 2.36. The lowest BCUT2D eigenvalue weighted by molar-refractivity contribution is 0.670. The molecule has 0 unspecified atom stereocenters. The molecule has 0 aliphatic rings. The van der Waals surface area contributed by atoms with Crippen molar-refractivity contribution < 1.29 is 4.42 Å². The van der Waals surface area contributed by atoms with Gasteiger partial charge in [-0.1, -0.05) is 146 Å². The van der Waals surface area contributed by atoms with Crippen molar-refractivity contribution in [3.05, 3.63) is 188 Å². The van der Waals surface area contributed by atoms with Crippen molar-refractivity contribution in [2.24, 2.45) is 0 Å². The Labute approximate surface area is 290 Å². The summed E-state index contributed by atoms with van der Waals surface area (Å²) in [5.41, 5.74) is 9.73. The van der Waals surface area contributed by atoms with E-state index in [-0.39, 0.29) is 0 Å². The maximum Gasteiger partial charge on any atom is 0.143 e. The molecule has 2 nitrogen and oxygen atoms in total. The van der Waals surface area contributed by atoms with Crippen molar-refractivity contribution in [2.45, 2.75) is 0 Å². The fraction of sp³-hybridized carbons (Fsp3) is 0. The number of hydrogen-bond acceptors (Lipinski definition) is 2. The number of hydrogen-bond donors (Lipinski definition) is 0. The minimum atomic E-state index is 0.910. The van der Waals surface area contributed by atoms with Gasteiger partial charge in [-0.15, -0.1) is 0 Å². The molecule has 9 aromatic carbocycles. The smallest absolute Gasteiger partial charge is 0.143 e. The quantitative estimate of drug-likeness (QED) is 0.175. The third-order valence-electron chi connectivity index (χ3n) is 10.1. The van der Waals surface area contributed by atoms with Crippen LogP contribution in [0.5, 0.6) is 0 Å². The van der Waals surface area contributed by atoms with E-state index in [2.05, 4.69) is 181 Å². The molecule has 0 atom stereocenters. The van der Waals surface area contributed by atoms with E-state index in [1.807, 2.05) is 12.1 Å². The Balaban J connectivity index is 1.14. The highest BCUT2D eigenvalue weighted by atomic mass is 16.3. The van der Waals surface area contributed by atoms with E-state index in [4.69, 9.17) is 4.42 Å². The molecular formula is C48H31NO. The van der Waals surface area contributed by atoms with Crippen LogP contribution in [0.4, 0.5) is 17.1 Å². The lowest BCUT2D eigenvalue weighted by atomic mass is 9.94. The first-order chi connectivity index (χ1) is 24.8. The van der Waals surface area contributed by atoms with Gasteiger partial charge in [-0.05, 0) is 91.5 Å². The van der Waals surface area contributed by atoms with Crippen molar-refractivity contribution >= 4 is 71.3 Å². The van der Waals surface area contributed by atoms with E-state index in [9.17, 15) is 0 Å². The van der Waals surface area contributed by atoms with Crippen LogP contribution in [0.3, 0.4) is 0 Å². The van der Waals surface area contributed by atoms with Crippen molar-refractivity contribution in [1.82, 2.24) is 0 Å². The molecule has 0 amide bonds. The van der Waals surface area contributed by atoms with Crippen LogP contribution in [0.2, 0.25) is 0 Å². The van der Waals surface area contributed by atoms with E-state index in [1.165, 1.54) is 43.4 Å². The Morgan fingerprint density at radius 2 is 0.780 bits per heavy atom. The molecule has 234 valence electrons. The van der Waals surface area contributed by atoms with Crippen LogP contribution in [0, 0.1) is 0 Å². The molecule has 0 saturated heterocycles. The first kappa shape index (κ1) is 28.4. The summed E-state index contributed by atoms with van der Waals surface area (Å²) in [7, 11) is 0. The van der Waals surface area contributed by atoms with Gasteiger partial charge >= 0.3 is 0 Å². The summed E-state index contributed by atoms with van der Waals surface area (Å²) < 4.78 is 6.40. The van der Waals surface area contributed by atoms with Gasteiger partial charge in [0.25, 0.3) is 0 Å². The van der Waals surface area contributed by atoms with Crippen molar-refractivity contribution in [3.63, 3.8) is 0 Å². The summed E-state index contributed by atoms with van der Waals surface area (Å²) in [5, 5.41) is 9.88. The Morgan fingerprint density at radius 3 is 1.44 bits per heavy atom. The third-order valence-corrected chi connectivity index (χ3v) is 10.1. The van der Waals surface area contributed by atoms with Gasteiger partial charge in [0.15, 0.2) is 0 Å². The van der Waals surface area contributed by atoms with Crippen molar-refractivity contribution in [2.75, 3.05) is 4.90 Å². The molecule has 10 aromatic rings. The summed E-state index contributed by atoms with van der Waals surface area (Å²) in [6.45, 7) is 0. The lowest BCUT2D eigenvalue weighted by Crippen LogP contribution is -2.10. The zero-order valence-electron chi connectivity index (χ0n) is 27.3. The average molecular weight is 638 g/mol. The van der Waals surface area contributed by atoms with E-state index in [1.54, 1.807) is 0 Å². The fourth-order valence-corrected chi connectivity index (χ4v) is 7.68. The highest BCUT2D eigenvalue weighted by molar-refractivity contribution is 6.25. The monoisotopic (exact) mass is 637 g/mol. The Kier molecular flexibility index (Phi) is 6.53. The fourth-order valence-electron chi connectivity index (χ4n) is 7.68. The molecule has 1 heterocycles. The summed E-state index contributed by atoms with van der Waals surface area (Å²) >= 11 is 0. The largest absolute Gasteiger partial charge is 0.455 e. The van der Waals surface area contributed by atoms with Gasteiger partial charge in [0, 0.05) is 33.4 Å². The predicted molar refractivity (Wildman–Crippen MR) is 212 cm³/mol. The van der Waals surface area contributed by atoms with Crippen molar-refractivity contribution in [3.8, 4) is 22.3 Å². The second-order valence-corrected chi connectivity index (χ2v) is 12.9. The lowest BCUT2D eigenvalue weighted by Gasteiger charge is -2.26. The van der Waals surface area contributed by atoms with Gasteiger partial charge in [0.1, 0.15) is 11.2 Å². The van der Waals surface area contributed by atoms with E-state index in [0.717, 1.165) is 50.1 Å². The van der Waals surface area contributed by atoms with Gasteiger partial charge in [0.05, 0.1) is 0 Å². The van der Waals surface area contributed by atoms with E-state index < -0.39 is 0 Å². The minimum Gasteiger partial charge on any atom is -0.455 e. The number of rotatable bonds is 5. The van der Waals surface area contributed by atoms with Crippen LogP contribution in [-0.2, 0) is 0 Å². The van der Waals surface area contributed by atoms with Crippen LogP contribution in [-0.4, -0.2) is 0 Å². The molecule has 0 aliphatic carbocycles. The molecule has 0 radical (unpaired) electrons. The van der Waals surface area contributed by atoms with Crippen LogP contribution >= 0.6 is 0 Å². The molecule has 0 N–H and O–H groups in total. The highest BCUT2D eigenvalue weighted by Crippen LogP contribution is 2.42. The molecule has 2 heteroatoms. The molecule has 50 heavy (non-hydrogen) atoms. The maximum absolute atomic E-state index is 6.40. The van der Waals surface area contributed by atoms with Gasteiger partial charge in [0.2, 0.25) is 0 Å². The molecule has 0 fully saturated rings. The van der Waals surface area contributed by atoms with E-state index in [0.29, 0.717) is 0 Å². The highest BCUT2D eigenvalue weighted by Gasteiger charge is 2.17. The topological polar surface area (TPSA) is 16.4 Å². The average Bonchev–Trinajstić information content (AvgIpc) is 3.58. The molecule has 0 spiro atoms. The number of nitrogens with zero attached hydrogens (tertiary/aromatic N) is 1. The predicted octanol–water partition coefficient (Wildman–Crippen LogP) is 13.8. The second kappa shape index (κ2) is 11.5. The third kappa shape index (κ3) is 4.57. The summed E-state index contributed by atoms with van der Waals surface area (Å²) in [5.74, 6) is 0. The number of anilines is 3. The normalized spacial score (nSPS) is 11.6. The van der Waals surface area contributed by atoms with Gasteiger partial charge < -0.3 is 9.32 Å². The zero-order valence-corrected chi connectivity index (χ0v) is 27.3. The molecule has 0 aliphatic heterocycles. The van der Waals surface area contributed by atoms with Gasteiger partial charge in [-0.2, -0.15) is 0 Å². The standard InChI is InChI=1S/C48H31NO/c1-2-11-32(12-3-1)33-21-25-35(26-22-33)49(37-29-30-43-41-15-5-4-13-39(41)40-14-6-7-16-42(40)46(43)31-37)36-27-23-34(24-28-36)38-18-10-19-45-44-17-8-9-20-47(44)50-48(38)45/h1-31H. The molecule has 0 bridgehead atoms. The Morgan fingerprint density at radius 1 is 0.300 bits per heavy atom. The number of fused-ring (bicyclic) bond motifs is 9. The van der Waals surface area contributed by atoms with Crippen LogP contribution in [0.1, 0.15) is 0 Å². The Bertz CT molecular complexity index is 2810. The SMILES string of the molecule is c1ccc(-c2ccc(N(c3ccc(-c4cccc5c4oc4ccccc45)cc3)c3ccc4c5ccccc5c5ccccc5c4c3)cc2)cc1. The summed E-state index contributed by atoms with van der Waals surface area (Å²) in [6, 6.07) is 67.5. The minimum absolute atomic E-state index is 0.910. The molecule has 1 aromatic heterocycles. The first-order valence-corrected chi connectivity index (χ1v) is 17.1. The van der Waals surface area contributed by atoms with E-state index >= 15 is 0 Å². The van der Waals surface area contributed by atoms with Gasteiger partial charge in [-0.25, -0.2) is 0 Å². The first-order valence-electron chi connectivity index (χ1n) is 17.1. The number of para-hydroxylation sites is 2. The van der Waals surface area contributed by atoms with Crippen molar-refractivity contribution in [1.29, 1.82) is 0 Å². The molecular weight excluding hydrogens is 607 g/mol. The van der Waals surface area contributed by atoms with Crippen LogP contribution in [0.15, 0.2) is 192 Å². The maximum atomic E-state index is 6.40. The summed E-state index contributed by atoms with van der Waals surface area (Å²) in [6.07, 6.45) is 0. The Hall–Kier alpha value is -6.64. The molecule has 10 rings (SSSR count). The number of furan rings is 1. The number of benzene rings is 9. The second-order valence-electron chi connectivity index (χ2n) is 12.9. The van der Waals surface area contributed by atoms with Crippen LogP contribution in [0.25, 0.3) is 76.5 Å². The zero-order chi connectivity index (χ0) is 33.0. The van der Waals surface area contributed by atoms with Gasteiger partial charge in [-0.3, -0.25) is 0 Å².